The summed E-state index contributed by atoms with van der Waals surface area (Å²) in [6, 6.07) is 21.6. The first kappa shape index (κ1) is 22.8. The highest BCUT2D eigenvalue weighted by atomic mass is 35.5. The molecule has 1 aliphatic rings. The molecule has 4 nitrogen and oxygen atoms in total. The van der Waals surface area contributed by atoms with Gasteiger partial charge in [0.1, 0.15) is 0 Å². The van der Waals surface area contributed by atoms with E-state index in [-0.39, 0.29) is 17.7 Å². The fourth-order valence-electron chi connectivity index (χ4n) is 4.01. The Labute approximate surface area is 211 Å². The number of para-hydroxylation sites is 1. The lowest BCUT2D eigenvalue weighted by Gasteiger charge is -2.13. The summed E-state index contributed by atoms with van der Waals surface area (Å²) in [5.74, 6) is -0.323. The Morgan fingerprint density at radius 2 is 1.71 bits per heavy atom. The average Bonchev–Trinajstić information content (AvgIpc) is 3.29. The molecular weight excluding hydrogens is 487 g/mol. The number of aromatic nitrogens is 1. The predicted molar refractivity (Wildman–Crippen MR) is 140 cm³/mol. The number of carbonyl (C=O) groups excluding carboxylic acids is 2. The summed E-state index contributed by atoms with van der Waals surface area (Å²) in [6.45, 7) is 2.89. The van der Waals surface area contributed by atoms with Crippen LogP contribution in [0.4, 0.5) is 4.79 Å². The number of halogens is 2. The van der Waals surface area contributed by atoms with Crippen LogP contribution < -0.4 is 0 Å². The van der Waals surface area contributed by atoms with Gasteiger partial charge >= 0.3 is 0 Å². The summed E-state index contributed by atoms with van der Waals surface area (Å²) in [5, 5.41) is 1.65. The molecule has 4 aromatic rings. The van der Waals surface area contributed by atoms with E-state index >= 15 is 0 Å². The molecule has 170 valence electrons. The van der Waals surface area contributed by atoms with E-state index < -0.39 is 0 Å². The Morgan fingerprint density at radius 1 is 0.941 bits per heavy atom. The molecule has 0 N–H and O–H groups in total. The van der Waals surface area contributed by atoms with Crippen molar-refractivity contribution in [3.05, 3.63) is 110 Å². The molecule has 1 saturated heterocycles. The number of hydrogen-bond acceptors (Lipinski definition) is 3. The molecule has 5 rings (SSSR count). The van der Waals surface area contributed by atoms with Gasteiger partial charge in [-0.2, -0.15) is 0 Å². The Bertz CT molecular complexity index is 1460. The third kappa shape index (κ3) is 4.51. The second-order valence-corrected chi connectivity index (χ2v) is 10.1. The minimum Gasteiger partial charge on any atom is -0.342 e. The summed E-state index contributed by atoms with van der Waals surface area (Å²) in [7, 11) is 0. The Morgan fingerprint density at radius 3 is 2.47 bits per heavy atom. The van der Waals surface area contributed by atoms with Crippen molar-refractivity contribution in [3.63, 3.8) is 0 Å². The van der Waals surface area contributed by atoms with Crippen LogP contribution in [0, 0.1) is 6.92 Å². The van der Waals surface area contributed by atoms with Gasteiger partial charge in [-0.1, -0.05) is 77.3 Å². The van der Waals surface area contributed by atoms with Crippen LogP contribution in [-0.2, 0) is 17.9 Å². The molecule has 7 heteroatoms. The van der Waals surface area contributed by atoms with E-state index in [2.05, 4.69) is 41.8 Å². The standard InChI is InChI=1S/C27H20Cl2N2O2S/c1-17-6-8-18(9-7-17)14-30-15-20(22-4-2-3-5-24(22)30)12-25-26(32)31(27(33)34-25)16-19-10-11-21(28)13-23(19)29/h2-13,15H,14,16H2,1H3/b25-12-. The molecule has 0 saturated carbocycles. The number of imide groups is 1. The quantitative estimate of drug-likeness (QED) is 0.262. The molecule has 3 aromatic carbocycles. The minimum atomic E-state index is -0.323. The number of fused-ring (bicyclic) bond motifs is 1. The number of nitrogens with zero attached hydrogens (tertiary/aromatic N) is 2. The fraction of sp³-hybridized carbons (Fsp3) is 0.111. The van der Waals surface area contributed by atoms with E-state index in [0.717, 1.165) is 28.2 Å². The van der Waals surface area contributed by atoms with Crippen LogP contribution in [0.2, 0.25) is 10.0 Å². The molecule has 2 heterocycles. The predicted octanol–water partition coefficient (Wildman–Crippen LogP) is 7.54. The van der Waals surface area contributed by atoms with Gasteiger partial charge in [0, 0.05) is 39.3 Å². The summed E-state index contributed by atoms with van der Waals surface area (Å²) >= 11 is 13.2. The first-order valence-electron chi connectivity index (χ1n) is 10.7. The van der Waals surface area contributed by atoms with Crippen LogP contribution in [0.5, 0.6) is 0 Å². The second kappa shape index (κ2) is 9.34. The molecule has 0 aliphatic carbocycles. The molecule has 34 heavy (non-hydrogen) atoms. The number of amides is 2. The van der Waals surface area contributed by atoms with Crippen molar-refractivity contribution in [3.8, 4) is 0 Å². The molecule has 0 bridgehead atoms. The van der Waals surface area contributed by atoms with E-state index in [0.29, 0.717) is 27.1 Å². The van der Waals surface area contributed by atoms with Crippen molar-refractivity contribution >= 4 is 63.1 Å². The van der Waals surface area contributed by atoms with Crippen LogP contribution in [0.1, 0.15) is 22.3 Å². The largest absolute Gasteiger partial charge is 0.342 e. The highest BCUT2D eigenvalue weighted by Gasteiger charge is 2.35. The highest BCUT2D eigenvalue weighted by Crippen LogP contribution is 2.36. The molecular formula is C27H20Cl2N2O2S. The summed E-state index contributed by atoms with van der Waals surface area (Å²) < 4.78 is 2.17. The van der Waals surface area contributed by atoms with Gasteiger partial charge in [0.2, 0.25) is 0 Å². The number of carbonyl (C=O) groups is 2. The molecule has 0 radical (unpaired) electrons. The van der Waals surface area contributed by atoms with Crippen molar-refractivity contribution < 1.29 is 9.59 Å². The van der Waals surface area contributed by atoms with Crippen molar-refractivity contribution in [1.82, 2.24) is 9.47 Å². The van der Waals surface area contributed by atoms with E-state index in [1.165, 1.54) is 16.0 Å². The maximum atomic E-state index is 13.1. The lowest BCUT2D eigenvalue weighted by molar-refractivity contribution is -0.123. The monoisotopic (exact) mass is 506 g/mol. The zero-order chi connectivity index (χ0) is 23.8. The van der Waals surface area contributed by atoms with Gasteiger partial charge in [0.05, 0.1) is 11.4 Å². The van der Waals surface area contributed by atoms with Crippen molar-refractivity contribution in [2.45, 2.75) is 20.0 Å². The zero-order valence-corrected chi connectivity index (χ0v) is 20.6. The zero-order valence-electron chi connectivity index (χ0n) is 18.3. The number of aryl methyl sites for hydroxylation is 1. The van der Waals surface area contributed by atoms with Gasteiger partial charge in [-0.3, -0.25) is 14.5 Å². The van der Waals surface area contributed by atoms with Crippen LogP contribution in [-0.4, -0.2) is 20.6 Å². The third-order valence-corrected chi connectivity index (χ3v) is 7.29. The minimum absolute atomic E-state index is 0.104. The molecule has 1 aliphatic heterocycles. The molecule has 0 atom stereocenters. The fourth-order valence-corrected chi connectivity index (χ4v) is 5.31. The van der Waals surface area contributed by atoms with Gasteiger partial charge < -0.3 is 4.57 Å². The van der Waals surface area contributed by atoms with E-state index in [9.17, 15) is 9.59 Å². The topological polar surface area (TPSA) is 42.3 Å². The summed E-state index contributed by atoms with van der Waals surface area (Å²) in [5.41, 5.74) is 5.05. The van der Waals surface area contributed by atoms with Crippen molar-refractivity contribution in [2.75, 3.05) is 0 Å². The Kier molecular flexibility index (Phi) is 6.26. The molecule has 1 aromatic heterocycles. The van der Waals surface area contributed by atoms with Gasteiger partial charge in [-0.25, -0.2) is 0 Å². The van der Waals surface area contributed by atoms with Crippen molar-refractivity contribution in [1.29, 1.82) is 0 Å². The summed E-state index contributed by atoms with van der Waals surface area (Å²) in [4.78, 5) is 27.4. The molecule has 2 amide bonds. The maximum absolute atomic E-state index is 13.1. The van der Waals surface area contributed by atoms with Gasteiger partial charge in [-0.15, -0.1) is 0 Å². The van der Waals surface area contributed by atoms with Crippen LogP contribution >= 0.6 is 35.0 Å². The lowest BCUT2D eigenvalue weighted by Crippen LogP contribution is -2.27. The maximum Gasteiger partial charge on any atom is 0.293 e. The van der Waals surface area contributed by atoms with E-state index in [4.69, 9.17) is 23.2 Å². The third-order valence-electron chi connectivity index (χ3n) is 5.80. The SMILES string of the molecule is Cc1ccc(Cn2cc(/C=C3\SC(=O)N(Cc4ccc(Cl)cc4Cl)C3=O)c3ccccc32)cc1. The Balaban J connectivity index is 1.45. The first-order valence-corrected chi connectivity index (χ1v) is 12.3. The van der Waals surface area contributed by atoms with Crippen LogP contribution in [0.3, 0.4) is 0 Å². The van der Waals surface area contributed by atoms with Crippen LogP contribution in [0.15, 0.2) is 77.8 Å². The van der Waals surface area contributed by atoms with Gasteiger partial charge in [-0.05, 0) is 54.1 Å². The van der Waals surface area contributed by atoms with Crippen LogP contribution in [0.25, 0.3) is 17.0 Å². The number of benzene rings is 3. The van der Waals surface area contributed by atoms with E-state index in [1.807, 2.05) is 30.5 Å². The normalized spacial score (nSPS) is 15.1. The molecule has 0 unspecified atom stereocenters. The number of rotatable bonds is 5. The van der Waals surface area contributed by atoms with Gasteiger partial charge in [0.25, 0.3) is 11.1 Å². The first-order chi connectivity index (χ1) is 16.4. The molecule has 1 fully saturated rings. The second-order valence-electron chi connectivity index (χ2n) is 8.22. The number of thioether (sulfide) groups is 1. The average molecular weight is 507 g/mol. The van der Waals surface area contributed by atoms with Crippen molar-refractivity contribution in [2.24, 2.45) is 0 Å². The molecule has 0 spiro atoms. The number of hydrogen-bond donors (Lipinski definition) is 0. The van der Waals surface area contributed by atoms with Gasteiger partial charge in [0.15, 0.2) is 0 Å². The lowest BCUT2D eigenvalue weighted by atomic mass is 10.1. The highest BCUT2D eigenvalue weighted by molar-refractivity contribution is 8.18. The summed E-state index contributed by atoms with van der Waals surface area (Å²) in [6.07, 6.45) is 3.84. The smallest absolute Gasteiger partial charge is 0.293 e. The van der Waals surface area contributed by atoms with E-state index in [1.54, 1.807) is 18.2 Å². The Hall–Kier alpha value is -2.99.